The number of nitrogens with zero attached hydrogens (tertiary/aromatic N) is 2. The Morgan fingerprint density at radius 2 is 2.35 bits per heavy atom. The van der Waals surface area contributed by atoms with Crippen molar-refractivity contribution in [3.8, 4) is 0 Å². The molecule has 2 rings (SSSR count). The van der Waals surface area contributed by atoms with E-state index in [4.69, 9.17) is 0 Å². The molecule has 0 bridgehead atoms. The van der Waals surface area contributed by atoms with Crippen LogP contribution in [0.25, 0.3) is 0 Å². The van der Waals surface area contributed by atoms with Crippen LogP contribution in [0.2, 0.25) is 0 Å². The van der Waals surface area contributed by atoms with Crippen LogP contribution in [-0.4, -0.2) is 22.4 Å². The first-order chi connectivity index (χ1) is 8.20. The predicted molar refractivity (Wildman–Crippen MR) is 70.9 cm³/mol. The van der Waals surface area contributed by atoms with Gasteiger partial charge in [-0.25, -0.2) is 0 Å². The Hall–Kier alpha value is -0.830. The van der Waals surface area contributed by atoms with Crippen LogP contribution in [0.5, 0.6) is 0 Å². The third kappa shape index (κ3) is 3.56. The first-order valence-corrected chi connectivity index (χ1v) is 6.91. The number of nitrogens with one attached hydrogen (secondary N) is 1. The van der Waals surface area contributed by atoms with E-state index in [-0.39, 0.29) is 0 Å². The minimum atomic E-state index is 0.713. The Morgan fingerprint density at radius 3 is 2.88 bits per heavy atom. The fourth-order valence-corrected chi connectivity index (χ4v) is 2.63. The molecule has 0 spiro atoms. The molecule has 0 amide bonds. The maximum absolute atomic E-state index is 4.23. The van der Waals surface area contributed by atoms with Crippen molar-refractivity contribution in [1.82, 2.24) is 15.1 Å². The van der Waals surface area contributed by atoms with Gasteiger partial charge in [0.25, 0.3) is 0 Å². The number of hydrogen-bond donors (Lipinski definition) is 1. The molecule has 0 radical (unpaired) electrons. The summed E-state index contributed by atoms with van der Waals surface area (Å²) < 4.78 is 1.89. The first-order valence-electron chi connectivity index (χ1n) is 6.91. The van der Waals surface area contributed by atoms with Crippen LogP contribution in [0.1, 0.15) is 38.7 Å². The Bertz CT molecular complexity index is 345. The fraction of sp³-hybridized carbons (Fsp3) is 0.786. The summed E-state index contributed by atoms with van der Waals surface area (Å²) in [5, 5.41) is 7.94. The van der Waals surface area contributed by atoms with Crippen LogP contribution in [0.4, 0.5) is 0 Å². The average molecular weight is 235 g/mol. The van der Waals surface area contributed by atoms with Gasteiger partial charge in [-0.15, -0.1) is 0 Å². The summed E-state index contributed by atoms with van der Waals surface area (Å²) in [4.78, 5) is 0. The minimum absolute atomic E-state index is 0.713. The highest BCUT2D eigenvalue weighted by atomic mass is 15.2. The van der Waals surface area contributed by atoms with Gasteiger partial charge >= 0.3 is 0 Å². The van der Waals surface area contributed by atoms with Crippen LogP contribution < -0.4 is 5.32 Å². The third-order valence-electron chi connectivity index (χ3n) is 3.85. The van der Waals surface area contributed by atoms with Gasteiger partial charge in [-0.3, -0.25) is 4.68 Å². The van der Waals surface area contributed by atoms with E-state index in [9.17, 15) is 0 Å². The summed E-state index contributed by atoms with van der Waals surface area (Å²) in [6.45, 7) is 5.76. The van der Waals surface area contributed by atoms with E-state index < -0.39 is 0 Å². The van der Waals surface area contributed by atoms with E-state index in [1.165, 1.54) is 24.8 Å². The zero-order valence-corrected chi connectivity index (χ0v) is 11.3. The van der Waals surface area contributed by atoms with Gasteiger partial charge in [0.1, 0.15) is 0 Å². The SMILES string of the molecule is CCCNC(CCc1cnn(C)c1)C1CC1C. The molecular weight excluding hydrogens is 210 g/mol. The second-order valence-corrected chi connectivity index (χ2v) is 5.50. The molecule has 1 aromatic heterocycles. The standard InChI is InChI=1S/C14H25N3/c1-4-7-15-14(13-8-11(13)2)6-5-12-9-16-17(3)10-12/h9-11,13-15H,4-8H2,1-3H3. The topological polar surface area (TPSA) is 29.9 Å². The molecule has 3 heteroatoms. The minimum Gasteiger partial charge on any atom is -0.314 e. The van der Waals surface area contributed by atoms with Crippen molar-refractivity contribution >= 4 is 0 Å². The molecule has 1 aliphatic carbocycles. The summed E-state index contributed by atoms with van der Waals surface area (Å²) in [7, 11) is 1.99. The third-order valence-corrected chi connectivity index (χ3v) is 3.85. The Kier molecular flexibility index (Phi) is 4.21. The quantitative estimate of drug-likeness (QED) is 0.786. The van der Waals surface area contributed by atoms with Crippen molar-refractivity contribution in [3.63, 3.8) is 0 Å². The lowest BCUT2D eigenvalue weighted by molar-refractivity contribution is 0.421. The first kappa shape index (κ1) is 12.6. The van der Waals surface area contributed by atoms with Crippen molar-refractivity contribution in [2.24, 2.45) is 18.9 Å². The highest BCUT2D eigenvalue weighted by Gasteiger charge is 2.38. The smallest absolute Gasteiger partial charge is 0.0521 e. The van der Waals surface area contributed by atoms with Gasteiger partial charge < -0.3 is 5.32 Å². The molecule has 0 aromatic carbocycles. The van der Waals surface area contributed by atoms with Gasteiger partial charge in [-0.2, -0.15) is 5.10 Å². The maximum Gasteiger partial charge on any atom is 0.0521 e. The number of hydrogen-bond acceptors (Lipinski definition) is 2. The number of rotatable bonds is 7. The second-order valence-electron chi connectivity index (χ2n) is 5.50. The van der Waals surface area contributed by atoms with Crippen molar-refractivity contribution < 1.29 is 0 Å². The average Bonchev–Trinajstić information content (AvgIpc) is 2.87. The molecule has 3 unspecified atom stereocenters. The monoisotopic (exact) mass is 235 g/mol. The highest BCUT2D eigenvalue weighted by molar-refractivity contribution is 5.05. The molecular formula is C14H25N3. The van der Waals surface area contributed by atoms with Gasteiger partial charge in [0.05, 0.1) is 6.20 Å². The lowest BCUT2D eigenvalue weighted by atomic mass is 10.0. The van der Waals surface area contributed by atoms with Crippen molar-refractivity contribution in [3.05, 3.63) is 18.0 Å². The van der Waals surface area contributed by atoms with Gasteiger partial charge in [0.2, 0.25) is 0 Å². The second kappa shape index (κ2) is 5.67. The number of aryl methyl sites for hydroxylation is 2. The largest absolute Gasteiger partial charge is 0.314 e. The Morgan fingerprint density at radius 1 is 1.59 bits per heavy atom. The summed E-state index contributed by atoms with van der Waals surface area (Å²) in [5.74, 6) is 1.84. The van der Waals surface area contributed by atoms with Gasteiger partial charge in [-0.05, 0) is 49.6 Å². The van der Waals surface area contributed by atoms with Gasteiger partial charge in [-0.1, -0.05) is 13.8 Å². The molecule has 0 aliphatic heterocycles. The zero-order chi connectivity index (χ0) is 12.3. The molecule has 1 aromatic rings. The van der Waals surface area contributed by atoms with Crippen LogP contribution in [0, 0.1) is 11.8 Å². The molecule has 1 heterocycles. The highest BCUT2D eigenvalue weighted by Crippen LogP contribution is 2.41. The van der Waals surface area contributed by atoms with Crippen molar-refractivity contribution in [2.45, 2.75) is 45.6 Å². The molecule has 1 fully saturated rings. The van der Waals surface area contributed by atoms with Crippen LogP contribution in [0.3, 0.4) is 0 Å². The summed E-state index contributed by atoms with van der Waals surface area (Å²) in [5.41, 5.74) is 1.36. The van der Waals surface area contributed by atoms with Crippen molar-refractivity contribution in [1.29, 1.82) is 0 Å². The maximum atomic E-state index is 4.23. The molecule has 1 N–H and O–H groups in total. The lowest BCUT2D eigenvalue weighted by Crippen LogP contribution is -2.32. The Labute approximate surface area is 105 Å². The van der Waals surface area contributed by atoms with E-state index >= 15 is 0 Å². The molecule has 0 saturated heterocycles. The Balaban J connectivity index is 1.80. The summed E-state index contributed by atoms with van der Waals surface area (Å²) >= 11 is 0. The van der Waals surface area contributed by atoms with E-state index in [2.05, 4.69) is 30.5 Å². The van der Waals surface area contributed by atoms with Crippen LogP contribution in [0.15, 0.2) is 12.4 Å². The van der Waals surface area contributed by atoms with Gasteiger partial charge in [0, 0.05) is 19.3 Å². The molecule has 3 atom stereocenters. The molecule has 3 nitrogen and oxygen atoms in total. The molecule has 96 valence electrons. The lowest BCUT2D eigenvalue weighted by Gasteiger charge is -2.18. The van der Waals surface area contributed by atoms with E-state index in [0.29, 0.717) is 6.04 Å². The predicted octanol–water partition coefficient (Wildman–Crippen LogP) is 2.38. The van der Waals surface area contributed by atoms with Gasteiger partial charge in [0.15, 0.2) is 0 Å². The summed E-state index contributed by atoms with van der Waals surface area (Å²) in [6, 6.07) is 0.713. The van der Waals surface area contributed by atoms with E-state index in [1.807, 2.05) is 17.9 Å². The number of aromatic nitrogens is 2. The molecule has 17 heavy (non-hydrogen) atoms. The fourth-order valence-electron chi connectivity index (χ4n) is 2.63. The van der Waals surface area contributed by atoms with Crippen molar-refractivity contribution in [2.75, 3.05) is 6.54 Å². The van der Waals surface area contributed by atoms with Crippen LogP contribution in [-0.2, 0) is 13.5 Å². The van der Waals surface area contributed by atoms with Crippen LogP contribution >= 0.6 is 0 Å². The molecule has 1 aliphatic rings. The summed E-state index contributed by atoms with van der Waals surface area (Å²) in [6.07, 6.45) is 9.17. The van der Waals surface area contributed by atoms with E-state index in [0.717, 1.165) is 24.8 Å². The zero-order valence-electron chi connectivity index (χ0n) is 11.3. The molecule has 1 saturated carbocycles. The van der Waals surface area contributed by atoms with E-state index in [1.54, 1.807) is 0 Å². The normalized spacial score (nSPS) is 24.9.